The van der Waals surface area contributed by atoms with Crippen LogP contribution in [0.5, 0.6) is 11.5 Å². The fourth-order valence-corrected chi connectivity index (χ4v) is 3.70. The third-order valence-corrected chi connectivity index (χ3v) is 5.37. The smallest absolute Gasteiger partial charge is 0.237 e. The molecule has 6 nitrogen and oxygen atoms in total. The lowest BCUT2D eigenvalue weighted by Crippen LogP contribution is -2.46. The van der Waals surface area contributed by atoms with Crippen LogP contribution < -0.4 is 20.5 Å². The zero-order valence-electron chi connectivity index (χ0n) is 15.5. The zero-order valence-corrected chi connectivity index (χ0v) is 15.5. The van der Waals surface area contributed by atoms with Crippen LogP contribution in [0.2, 0.25) is 0 Å². The van der Waals surface area contributed by atoms with Crippen molar-refractivity contribution in [2.24, 2.45) is 11.7 Å². The Morgan fingerprint density at radius 1 is 1.23 bits per heavy atom. The van der Waals surface area contributed by atoms with Gasteiger partial charge in [0, 0.05) is 19.8 Å². The van der Waals surface area contributed by atoms with Gasteiger partial charge in [-0.05, 0) is 62.1 Å². The molecule has 6 heteroatoms. The van der Waals surface area contributed by atoms with E-state index in [4.69, 9.17) is 19.9 Å². The summed E-state index contributed by atoms with van der Waals surface area (Å²) in [7, 11) is 1.64. The molecule has 1 heterocycles. The van der Waals surface area contributed by atoms with Gasteiger partial charge in [-0.25, -0.2) is 0 Å². The number of carbonyl (C=O) groups is 1. The molecular weight excluding hydrogens is 332 g/mol. The van der Waals surface area contributed by atoms with Gasteiger partial charge in [-0.2, -0.15) is 0 Å². The molecule has 0 spiro atoms. The summed E-state index contributed by atoms with van der Waals surface area (Å²) < 4.78 is 16.9. The number of benzene rings is 1. The molecule has 1 amide bonds. The van der Waals surface area contributed by atoms with Gasteiger partial charge in [0.15, 0.2) is 11.5 Å². The van der Waals surface area contributed by atoms with Gasteiger partial charge in [-0.1, -0.05) is 6.07 Å². The summed E-state index contributed by atoms with van der Waals surface area (Å²) in [4.78, 5) is 12.3. The highest BCUT2D eigenvalue weighted by Crippen LogP contribution is 2.32. The van der Waals surface area contributed by atoms with E-state index in [1.165, 1.54) is 12.8 Å². The molecule has 3 N–H and O–H groups in total. The van der Waals surface area contributed by atoms with E-state index in [0.29, 0.717) is 25.5 Å². The Balaban J connectivity index is 1.54. The number of nitrogens with two attached hydrogens (primary N) is 1. The molecule has 0 aromatic heterocycles. The average molecular weight is 362 g/mol. The van der Waals surface area contributed by atoms with E-state index in [0.717, 1.165) is 37.0 Å². The van der Waals surface area contributed by atoms with Crippen molar-refractivity contribution in [1.29, 1.82) is 0 Å². The van der Waals surface area contributed by atoms with Crippen LogP contribution in [-0.2, 0) is 16.1 Å². The summed E-state index contributed by atoms with van der Waals surface area (Å²) in [6, 6.07) is 5.33. The SMILES string of the molecule is COc1cc(CNC(=O)C(N)C2CCOCC2)ccc1OC1CCCC1. The number of ether oxygens (including phenoxy) is 3. The van der Waals surface area contributed by atoms with Crippen molar-refractivity contribution < 1.29 is 19.0 Å². The minimum Gasteiger partial charge on any atom is -0.493 e. The lowest BCUT2D eigenvalue weighted by atomic mass is 9.92. The maximum atomic E-state index is 12.3. The number of rotatable bonds is 7. The molecule has 1 atom stereocenters. The highest BCUT2D eigenvalue weighted by atomic mass is 16.5. The fraction of sp³-hybridized carbons (Fsp3) is 0.650. The number of hydrogen-bond donors (Lipinski definition) is 2. The first-order chi connectivity index (χ1) is 12.7. The van der Waals surface area contributed by atoms with Gasteiger partial charge in [0.25, 0.3) is 0 Å². The molecule has 1 aliphatic heterocycles. The van der Waals surface area contributed by atoms with Gasteiger partial charge in [-0.15, -0.1) is 0 Å². The van der Waals surface area contributed by atoms with Crippen LogP contribution in [0, 0.1) is 5.92 Å². The Bertz CT molecular complexity index is 595. The zero-order chi connectivity index (χ0) is 18.4. The molecule has 0 radical (unpaired) electrons. The number of carbonyl (C=O) groups excluding carboxylic acids is 1. The predicted octanol–water partition coefficient (Wildman–Crippen LogP) is 2.39. The number of amides is 1. The second-order valence-corrected chi connectivity index (χ2v) is 7.20. The normalized spacial score (nSPS) is 19.9. The summed E-state index contributed by atoms with van der Waals surface area (Å²) in [5, 5.41) is 2.94. The summed E-state index contributed by atoms with van der Waals surface area (Å²) in [6.45, 7) is 1.80. The topological polar surface area (TPSA) is 82.8 Å². The van der Waals surface area contributed by atoms with Gasteiger partial charge in [0.1, 0.15) is 0 Å². The Hall–Kier alpha value is -1.79. The Morgan fingerprint density at radius 2 is 1.96 bits per heavy atom. The quantitative estimate of drug-likeness (QED) is 0.778. The van der Waals surface area contributed by atoms with E-state index < -0.39 is 6.04 Å². The van der Waals surface area contributed by atoms with Crippen LogP contribution in [-0.4, -0.2) is 38.4 Å². The van der Waals surface area contributed by atoms with Gasteiger partial charge in [-0.3, -0.25) is 4.79 Å². The first kappa shape index (κ1) is 19.0. The molecule has 2 aliphatic rings. The van der Waals surface area contributed by atoms with E-state index in [-0.39, 0.29) is 17.9 Å². The molecule has 1 aromatic rings. The third-order valence-electron chi connectivity index (χ3n) is 5.37. The minimum atomic E-state index is -0.481. The van der Waals surface area contributed by atoms with E-state index in [1.807, 2.05) is 18.2 Å². The third kappa shape index (κ3) is 4.89. The van der Waals surface area contributed by atoms with Crippen molar-refractivity contribution in [3.63, 3.8) is 0 Å². The lowest BCUT2D eigenvalue weighted by Gasteiger charge is -2.26. The number of nitrogens with one attached hydrogen (secondary N) is 1. The second-order valence-electron chi connectivity index (χ2n) is 7.20. The van der Waals surface area contributed by atoms with Crippen LogP contribution in [0.15, 0.2) is 18.2 Å². The van der Waals surface area contributed by atoms with Crippen LogP contribution in [0.3, 0.4) is 0 Å². The van der Waals surface area contributed by atoms with Crippen molar-refractivity contribution in [2.45, 2.75) is 57.2 Å². The van der Waals surface area contributed by atoms with Crippen LogP contribution in [0.1, 0.15) is 44.1 Å². The van der Waals surface area contributed by atoms with E-state index in [1.54, 1.807) is 7.11 Å². The molecule has 1 aliphatic carbocycles. The fourth-order valence-electron chi connectivity index (χ4n) is 3.70. The summed E-state index contributed by atoms with van der Waals surface area (Å²) in [5.41, 5.74) is 7.08. The maximum absolute atomic E-state index is 12.3. The first-order valence-electron chi connectivity index (χ1n) is 9.62. The number of hydrogen-bond acceptors (Lipinski definition) is 5. The van der Waals surface area contributed by atoms with Crippen molar-refractivity contribution >= 4 is 5.91 Å². The van der Waals surface area contributed by atoms with Crippen molar-refractivity contribution in [1.82, 2.24) is 5.32 Å². The molecular formula is C20H30N2O4. The van der Waals surface area contributed by atoms with Crippen LogP contribution in [0.4, 0.5) is 0 Å². The lowest BCUT2D eigenvalue weighted by molar-refractivity contribution is -0.124. The Labute approximate surface area is 155 Å². The Morgan fingerprint density at radius 3 is 2.65 bits per heavy atom. The highest BCUT2D eigenvalue weighted by Gasteiger charge is 2.26. The van der Waals surface area contributed by atoms with Crippen molar-refractivity contribution in [3.8, 4) is 11.5 Å². The van der Waals surface area contributed by atoms with Gasteiger partial charge >= 0.3 is 0 Å². The molecule has 0 bridgehead atoms. The van der Waals surface area contributed by atoms with Crippen LogP contribution in [0.25, 0.3) is 0 Å². The molecule has 144 valence electrons. The maximum Gasteiger partial charge on any atom is 0.237 e. The molecule has 26 heavy (non-hydrogen) atoms. The van der Waals surface area contributed by atoms with E-state index in [9.17, 15) is 4.79 Å². The molecule has 1 aromatic carbocycles. The molecule has 1 saturated carbocycles. The first-order valence-corrected chi connectivity index (χ1v) is 9.62. The summed E-state index contributed by atoms with van der Waals surface area (Å²) in [5.74, 6) is 1.56. The standard InChI is InChI=1S/C20H30N2O4/c1-24-18-12-14(6-7-17(18)26-16-4-2-3-5-16)13-22-20(23)19(21)15-8-10-25-11-9-15/h6-7,12,15-16,19H,2-5,8-11,13,21H2,1H3,(H,22,23). The van der Waals surface area contributed by atoms with E-state index in [2.05, 4.69) is 5.32 Å². The number of methoxy groups -OCH3 is 1. The summed E-state index contributed by atoms with van der Waals surface area (Å²) in [6.07, 6.45) is 6.63. The predicted molar refractivity (Wildman–Crippen MR) is 99.2 cm³/mol. The van der Waals surface area contributed by atoms with Crippen LogP contribution >= 0.6 is 0 Å². The van der Waals surface area contributed by atoms with Gasteiger partial charge < -0.3 is 25.3 Å². The second kappa shape index (κ2) is 9.24. The average Bonchev–Trinajstić information content (AvgIpc) is 3.20. The van der Waals surface area contributed by atoms with Crippen molar-refractivity contribution in [3.05, 3.63) is 23.8 Å². The van der Waals surface area contributed by atoms with Gasteiger partial charge in [0.2, 0.25) is 5.91 Å². The molecule has 3 rings (SSSR count). The molecule has 1 unspecified atom stereocenters. The largest absolute Gasteiger partial charge is 0.493 e. The summed E-state index contributed by atoms with van der Waals surface area (Å²) >= 11 is 0. The minimum absolute atomic E-state index is 0.109. The monoisotopic (exact) mass is 362 g/mol. The molecule has 1 saturated heterocycles. The van der Waals surface area contributed by atoms with E-state index >= 15 is 0 Å². The highest BCUT2D eigenvalue weighted by molar-refractivity contribution is 5.81. The van der Waals surface area contributed by atoms with Gasteiger partial charge in [0.05, 0.1) is 19.3 Å². The Kier molecular flexibility index (Phi) is 6.74. The molecule has 2 fully saturated rings. The van der Waals surface area contributed by atoms with Crippen molar-refractivity contribution in [2.75, 3.05) is 20.3 Å².